The van der Waals surface area contributed by atoms with Crippen LogP contribution < -0.4 is 10.5 Å². The number of anilines is 1. The second-order valence-corrected chi connectivity index (χ2v) is 10.2. The van der Waals surface area contributed by atoms with E-state index in [2.05, 4.69) is 22.1 Å². The maximum atomic E-state index is 13.8. The number of rotatable bonds is 9. The average molecular weight is 598 g/mol. The second-order valence-electron chi connectivity index (χ2n) is 8.83. The smallest absolute Gasteiger partial charge is 0.227 e. The summed E-state index contributed by atoms with van der Waals surface area (Å²) in [5, 5.41) is 29.3. The van der Waals surface area contributed by atoms with E-state index in [9.17, 15) is 14.9 Å². The average Bonchev–Trinajstić information content (AvgIpc) is 3.45. The monoisotopic (exact) mass is 597 g/mol. The van der Waals surface area contributed by atoms with Crippen molar-refractivity contribution < 1.29 is 18.7 Å². The summed E-state index contributed by atoms with van der Waals surface area (Å²) in [4.78, 5) is 9.06. The highest BCUT2D eigenvalue weighted by atomic mass is 35.5. The minimum Gasteiger partial charge on any atom is -0.491 e. The van der Waals surface area contributed by atoms with Gasteiger partial charge in [0, 0.05) is 22.4 Å². The number of benzene rings is 3. The summed E-state index contributed by atoms with van der Waals surface area (Å²) in [6, 6.07) is 24.6. The van der Waals surface area contributed by atoms with E-state index in [1.54, 1.807) is 24.3 Å². The van der Waals surface area contributed by atoms with Crippen LogP contribution in [0.15, 0.2) is 82.2 Å². The highest BCUT2D eigenvalue weighted by Gasteiger charge is 2.23. The fraction of sp³-hybridized carbons (Fsp3) is 0.0968. The number of ether oxygens (including phenoxy) is 1. The van der Waals surface area contributed by atoms with Crippen molar-refractivity contribution in [2.75, 3.05) is 18.9 Å². The van der Waals surface area contributed by atoms with E-state index >= 15 is 0 Å². The Hall–Kier alpha value is -4.87. The van der Waals surface area contributed by atoms with Gasteiger partial charge in [-0.2, -0.15) is 10.5 Å². The number of aliphatic hydroxyl groups excluding tert-OH is 1. The second kappa shape index (κ2) is 12.8. The van der Waals surface area contributed by atoms with Gasteiger partial charge in [-0.1, -0.05) is 65.8 Å². The van der Waals surface area contributed by atoms with Crippen molar-refractivity contribution in [2.24, 2.45) is 0 Å². The zero-order valence-electron chi connectivity index (χ0n) is 21.8. The molecule has 0 amide bonds. The highest BCUT2D eigenvalue weighted by Crippen LogP contribution is 2.39. The number of nitrogen functional groups attached to an aromatic ring is 1. The first-order chi connectivity index (χ1) is 20.4. The first-order valence-corrected chi connectivity index (χ1v) is 13.9. The van der Waals surface area contributed by atoms with Crippen molar-refractivity contribution in [3.05, 3.63) is 100 Å². The SMILES string of the molecule is N#Cc1c(N)nc(SCc2nc(-c3ccc(F)c(Cl)c3)oc2-c2ccccc2)c(C#N)c1-c1ccc(OCCO)cc1. The van der Waals surface area contributed by atoms with Crippen LogP contribution in [0.2, 0.25) is 5.02 Å². The molecule has 3 N–H and O–H groups in total. The molecule has 0 atom stereocenters. The maximum absolute atomic E-state index is 13.8. The summed E-state index contributed by atoms with van der Waals surface area (Å²) in [5.74, 6) is 0.950. The zero-order chi connectivity index (χ0) is 29.6. The lowest BCUT2D eigenvalue weighted by Crippen LogP contribution is -2.04. The predicted octanol–water partition coefficient (Wildman–Crippen LogP) is 6.85. The number of nitriles is 2. The Kier molecular flexibility index (Phi) is 8.70. The summed E-state index contributed by atoms with van der Waals surface area (Å²) in [6.07, 6.45) is 0. The molecule has 0 bridgehead atoms. The third-order valence-electron chi connectivity index (χ3n) is 6.16. The Morgan fingerprint density at radius 2 is 1.67 bits per heavy atom. The molecule has 5 aromatic rings. The number of thioether (sulfide) groups is 1. The summed E-state index contributed by atoms with van der Waals surface area (Å²) in [7, 11) is 0. The molecule has 2 aromatic heterocycles. The standard InChI is InChI=1S/C31H21ClFN5O3S/c32-24-14-20(8-11-25(24)33)30-37-26(28(41-30)19-4-2-1-3-5-19)17-42-31-23(16-35)27(22(15-34)29(36)38-31)18-6-9-21(10-7-18)40-13-12-39/h1-11,14,39H,12-13,17H2,(H2,36,38). The molecule has 0 aliphatic rings. The van der Waals surface area contributed by atoms with Crippen LogP contribution in [0.1, 0.15) is 16.8 Å². The Bertz CT molecular complexity index is 1830. The van der Waals surface area contributed by atoms with Crippen molar-refractivity contribution in [3.8, 4) is 51.8 Å². The molecule has 0 spiro atoms. The van der Waals surface area contributed by atoms with E-state index in [0.717, 1.165) is 5.56 Å². The van der Waals surface area contributed by atoms with Gasteiger partial charge in [0.15, 0.2) is 5.76 Å². The fourth-order valence-electron chi connectivity index (χ4n) is 4.23. The van der Waals surface area contributed by atoms with Crippen LogP contribution in [0, 0.1) is 28.5 Å². The molecule has 0 aliphatic heterocycles. The van der Waals surface area contributed by atoms with Gasteiger partial charge in [0.25, 0.3) is 0 Å². The van der Waals surface area contributed by atoms with Crippen molar-refractivity contribution in [1.82, 2.24) is 9.97 Å². The van der Waals surface area contributed by atoms with Crippen LogP contribution in [-0.2, 0) is 5.75 Å². The lowest BCUT2D eigenvalue weighted by molar-refractivity contribution is 0.201. The molecule has 11 heteroatoms. The van der Waals surface area contributed by atoms with Crippen LogP contribution in [-0.4, -0.2) is 28.3 Å². The molecule has 5 rings (SSSR count). The molecule has 208 valence electrons. The van der Waals surface area contributed by atoms with E-state index in [-0.39, 0.29) is 46.8 Å². The molecule has 0 fully saturated rings. The summed E-state index contributed by atoms with van der Waals surface area (Å²) in [5.41, 5.74) is 9.24. The number of hydrogen-bond donors (Lipinski definition) is 2. The number of aromatic nitrogens is 2. The van der Waals surface area contributed by atoms with Gasteiger partial charge in [0.1, 0.15) is 46.7 Å². The molecule has 0 aliphatic carbocycles. The third kappa shape index (κ3) is 5.92. The Morgan fingerprint density at radius 3 is 2.33 bits per heavy atom. The van der Waals surface area contributed by atoms with E-state index in [1.807, 2.05) is 30.3 Å². The highest BCUT2D eigenvalue weighted by molar-refractivity contribution is 7.98. The number of hydrogen-bond acceptors (Lipinski definition) is 9. The molecular formula is C31H21ClFN5O3S. The van der Waals surface area contributed by atoms with Gasteiger partial charge in [-0.25, -0.2) is 14.4 Å². The summed E-state index contributed by atoms with van der Waals surface area (Å²) >= 11 is 7.22. The first-order valence-electron chi connectivity index (χ1n) is 12.5. The van der Waals surface area contributed by atoms with E-state index < -0.39 is 5.82 Å². The topological polar surface area (TPSA) is 142 Å². The summed E-state index contributed by atoms with van der Waals surface area (Å²) < 4.78 is 25.3. The Balaban J connectivity index is 1.54. The number of nitrogens with two attached hydrogens (primary N) is 1. The number of oxazole rings is 1. The van der Waals surface area contributed by atoms with Crippen LogP contribution in [0.5, 0.6) is 5.75 Å². The lowest BCUT2D eigenvalue weighted by Gasteiger charge is -2.13. The van der Waals surface area contributed by atoms with Gasteiger partial charge in [-0.15, -0.1) is 0 Å². The first kappa shape index (κ1) is 28.7. The quantitative estimate of drug-likeness (QED) is 0.174. The zero-order valence-corrected chi connectivity index (χ0v) is 23.4. The normalized spacial score (nSPS) is 10.7. The number of aliphatic hydroxyl groups is 1. The number of halogens is 2. The van der Waals surface area contributed by atoms with Gasteiger partial charge in [-0.05, 0) is 35.9 Å². The number of pyridine rings is 1. The van der Waals surface area contributed by atoms with Gasteiger partial charge < -0.3 is 20.0 Å². The summed E-state index contributed by atoms with van der Waals surface area (Å²) in [6.45, 7) is 0.00912. The van der Waals surface area contributed by atoms with Crippen molar-refractivity contribution in [3.63, 3.8) is 0 Å². The third-order valence-corrected chi connectivity index (χ3v) is 7.44. The van der Waals surface area contributed by atoms with Crippen LogP contribution >= 0.6 is 23.4 Å². The van der Waals surface area contributed by atoms with Crippen LogP contribution in [0.4, 0.5) is 10.2 Å². The van der Waals surface area contributed by atoms with E-state index in [4.69, 9.17) is 31.6 Å². The van der Waals surface area contributed by atoms with Gasteiger partial charge in [0.05, 0.1) is 22.9 Å². The minimum atomic E-state index is -0.553. The Morgan fingerprint density at radius 1 is 0.952 bits per heavy atom. The van der Waals surface area contributed by atoms with Gasteiger partial charge >= 0.3 is 0 Å². The predicted molar refractivity (Wildman–Crippen MR) is 158 cm³/mol. The minimum absolute atomic E-state index is 0.0142. The molecule has 3 aromatic carbocycles. The molecule has 42 heavy (non-hydrogen) atoms. The van der Waals surface area contributed by atoms with Crippen molar-refractivity contribution in [2.45, 2.75) is 10.8 Å². The molecule has 8 nitrogen and oxygen atoms in total. The van der Waals surface area contributed by atoms with Gasteiger partial charge in [0.2, 0.25) is 5.89 Å². The van der Waals surface area contributed by atoms with Crippen LogP contribution in [0.3, 0.4) is 0 Å². The lowest BCUT2D eigenvalue weighted by atomic mass is 9.97. The van der Waals surface area contributed by atoms with E-state index in [0.29, 0.717) is 38.9 Å². The van der Waals surface area contributed by atoms with E-state index in [1.165, 1.54) is 30.0 Å². The molecule has 0 saturated carbocycles. The number of nitrogens with zero attached hydrogens (tertiary/aromatic N) is 4. The van der Waals surface area contributed by atoms with Crippen molar-refractivity contribution >= 4 is 29.2 Å². The van der Waals surface area contributed by atoms with Crippen LogP contribution in [0.25, 0.3) is 33.9 Å². The molecule has 0 radical (unpaired) electrons. The molecule has 0 saturated heterocycles. The van der Waals surface area contributed by atoms with Gasteiger partial charge in [-0.3, -0.25) is 0 Å². The van der Waals surface area contributed by atoms with Crippen molar-refractivity contribution in [1.29, 1.82) is 10.5 Å². The maximum Gasteiger partial charge on any atom is 0.227 e. The molecular weight excluding hydrogens is 577 g/mol. The molecule has 0 unspecified atom stereocenters. The fourth-order valence-corrected chi connectivity index (χ4v) is 5.33. The Labute approximate surface area is 249 Å². The molecule has 2 heterocycles. The largest absolute Gasteiger partial charge is 0.491 e.